The van der Waals surface area contributed by atoms with Gasteiger partial charge in [-0.25, -0.2) is 0 Å². The van der Waals surface area contributed by atoms with Crippen LogP contribution in [0, 0.1) is 48.5 Å². The molecule has 3 aromatic carbocycles. The minimum Gasteiger partial charge on any atom is -0.496 e. The second kappa shape index (κ2) is 8.82. The molecule has 0 bridgehead atoms. The molecular weight excluding hydrogens is 387 g/mol. The Morgan fingerprint density at radius 3 is 1.27 bits per heavy atom. The smallest absolute Gasteiger partial charge is 0.130 e. The molecule has 0 N–H and O–H groups in total. The van der Waals surface area contributed by atoms with Gasteiger partial charge in [-0.15, -0.1) is 0 Å². The Bertz CT molecular complexity index is 1040. The van der Waals surface area contributed by atoms with Crippen LogP contribution in [0.5, 0.6) is 11.5 Å². The zero-order valence-corrected chi connectivity index (χ0v) is 20.6. The van der Waals surface area contributed by atoms with Crippen LogP contribution in [-0.4, -0.2) is 14.2 Å². The summed E-state index contributed by atoms with van der Waals surface area (Å²) in [7, 11) is 2.69. The summed E-state index contributed by atoms with van der Waals surface area (Å²) in [6.45, 7) is 15.2. The molecule has 0 spiro atoms. The molecule has 0 amide bonds. The Labute approximate surface area is 183 Å². The Hall–Kier alpha value is -2.31. The Morgan fingerprint density at radius 1 is 0.500 bits per heavy atom. The molecule has 2 nitrogen and oxygen atoms in total. The van der Waals surface area contributed by atoms with E-state index in [0.29, 0.717) is 0 Å². The fraction of sp³-hybridized carbons (Fsp3) is 0.333. The molecule has 0 heterocycles. The highest BCUT2D eigenvalue weighted by molar-refractivity contribution is 7.80. The molecule has 0 aliphatic heterocycles. The van der Waals surface area contributed by atoms with Crippen molar-refractivity contribution >= 4 is 23.8 Å². The Kier molecular flexibility index (Phi) is 6.58. The molecule has 0 aliphatic rings. The molecule has 30 heavy (non-hydrogen) atoms. The summed E-state index contributed by atoms with van der Waals surface area (Å²) in [5, 5.41) is 3.87. The molecule has 158 valence electrons. The van der Waals surface area contributed by atoms with E-state index in [2.05, 4.69) is 84.9 Å². The fourth-order valence-corrected chi connectivity index (χ4v) is 7.60. The zero-order chi connectivity index (χ0) is 22.2. The zero-order valence-electron chi connectivity index (χ0n) is 19.7. The summed E-state index contributed by atoms with van der Waals surface area (Å²) in [5.74, 6) is 1.96. The second-order valence-electron chi connectivity index (χ2n) is 8.33. The van der Waals surface area contributed by atoms with Crippen molar-refractivity contribution in [3.8, 4) is 11.5 Å². The van der Waals surface area contributed by atoms with Crippen molar-refractivity contribution < 1.29 is 9.47 Å². The standard InChI is InChI=1S/C27H33O2P/c1-16-10-19(4)22(7)23(13-16)30(24-14-17(2)11-20(5)26(24)28-8)25-15-18(3)12-21(6)27(25)29-9/h10-15H,1-9H3. The minimum absolute atomic E-state index is 0.867. The van der Waals surface area contributed by atoms with Crippen LogP contribution in [0.25, 0.3) is 0 Å². The van der Waals surface area contributed by atoms with Crippen molar-refractivity contribution in [1.29, 1.82) is 0 Å². The minimum atomic E-state index is -0.867. The molecule has 0 radical (unpaired) electrons. The average Bonchev–Trinajstić information content (AvgIpc) is 2.65. The van der Waals surface area contributed by atoms with Gasteiger partial charge in [0.05, 0.1) is 14.2 Å². The number of hydrogen-bond donors (Lipinski definition) is 0. The van der Waals surface area contributed by atoms with Crippen molar-refractivity contribution in [1.82, 2.24) is 0 Å². The summed E-state index contributed by atoms with van der Waals surface area (Å²) in [6, 6.07) is 13.6. The van der Waals surface area contributed by atoms with E-state index < -0.39 is 7.92 Å². The molecule has 3 heteroatoms. The van der Waals surface area contributed by atoms with Crippen LogP contribution in [0.15, 0.2) is 36.4 Å². The van der Waals surface area contributed by atoms with Crippen LogP contribution in [-0.2, 0) is 0 Å². The maximum absolute atomic E-state index is 5.96. The van der Waals surface area contributed by atoms with Crippen LogP contribution >= 0.6 is 7.92 Å². The van der Waals surface area contributed by atoms with E-state index in [-0.39, 0.29) is 0 Å². The van der Waals surface area contributed by atoms with E-state index in [9.17, 15) is 0 Å². The predicted octanol–water partition coefficient (Wildman–Crippen LogP) is 5.62. The van der Waals surface area contributed by atoms with Crippen molar-refractivity contribution in [3.63, 3.8) is 0 Å². The molecule has 3 aromatic rings. The molecule has 0 saturated carbocycles. The first-order chi connectivity index (χ1) is 14.2. The molecule has 0 aromatic heterocycles. The third-order valence-corrected chi connectivity index (χ3v) is 8.29. The van der Waals surface area contributed by atoms with E-state index >= 15 is 0 Å². The van der Waals surface area contributed by atoms with Gasteiger partial charge in [0, 0.05) is 10.6 Å². The maximum Gasteiger partial charge on any atom is 0.130 e. The van der Waals surface area contributed by atoms with Crippen molar-refractivity contribution in [2.24, 2.45) is 0 Å². The van der Waals surface area contributed by atoms with Gasteiger partial charge in [-0.2, -0.15) is 0 Å². The Balaban J connectivity index is 2.48. The molecule has 0 unspecified atom stereocenters. The molecule has 0 fully saturated rings. The molecular formula is C27H33O2P. The van der Waals surface area contributed by atoms with Gasteiger partial charge in [0.25, 0.3) is 0 Å². The van der Waals surface area contributed by atoms with Gasteiger partial charge in [-0.1, -0.05) is 29.8 Å². The summed E-state index contributed by atoms with van der Waals surface area (Å²) in [5.41, 5.74) is 8.80. The van der Waals surface area contributed by atoms with Gasteiger partial charge >= 0.3 is 0 Å². The second-order valence-corrected chi connectivity index (χ2v) is 10.4. The van der Waals surface area contributed by atoms with Gasteiger partial charge < -0.3 is 9.47 Å². The molecule has 0 saturated heterocycles. The highest BCUT2D eigenvalue weighted by Crippen LogP contribution is 2.43. The third-order valence-electron chi connectivity index (χ3n) is 5.71. The lowest BCUT2D eigenvalue weighted by Crippen LogP contribution is -2.27. The van der Waals surface area contributed by atoms with Gasteiger partial charge in [0.15, 0.2) is 0 Å². The van der Waals surface area contributed by atoms with Crippen LogP contribution in [0.1, 0.15) is 38.9 Å². The Morgan fingerprint density at radius 2 is 0.867 bits per heavy atom. The summed E-state index contributed by atoms with van der Waals surface area (Å²) < 4.78 is 11.9. The number of benzene rings is 3. The van der Waals surface area contributed by atoms with E-state index in [1.165, 1.54) is 54.9 Å². The number of methoxy groups -OCH3 is 2. The van der Waals surface area contributed by atoms with E-state index in [0.717, 1.165) is 11.5 Å². The van der Waals surface area contributed by atoms with Crippen LogP contribution in [0.3, 0.4) is 0 Å². The normalized spacial score (nSPS) is 11.1. The summed E-state index contributed by atoms with van der Waals surface area (Å²) in [6.07, 6.45) is 0. The van der Waals surface area contributed by atoms with Crippen molar-refractivity contribution in [3.05, 3.63) is 75.3 Å². The van der Waals surface area contributed by atoms with Gasteiger partial charge in [-0.3, -0.25) is 0 Å². The molecule has 0 aliphatic carbocycles. The van der Waals surface area contributed by atoms with Crippen molar-refractivity contribution in [2.75, 3.05) is 14.2 Å². The fourth-order valence-electron chi connectivity index (χ4n) is 4.37. The topological polar surface area (TPSA) is 18.5 Å². The van der Waals surface area contributed by atoms with Crippen LogP contribution < -0.4 is 25.4 Å². The van der Waals surface area contributed by atoms with E-state index in [1.54, 1.807) is 14.2 Å². The van der Waals surface area contributed by atoms with Crippen molar-refractivity contribution in [2.45, 2.75) is 48.5 Å². The largest absolute Gasteiger partial charge is 0.496 e. The highest BCUT2D eigenvalue weighted by atomic mass is 31.1. The van der Waals surface area contributed by atoms with Crippen LogP contribution in [0.2, 0.25) is 0 Å². The van der Waals surface area contributed by atoms with E-state index in [4.69, 9.17) is 9.47 Å². The first-order valence-corrected chi connectivity index (χ1v) is 11.7. The average molecular weight is 421 g/mol. The molecule has 3 rings (SSSR count). The van der Waals surface area contributed by atoms with E-state index in [1.807, 2.05) is 0 Å². The SMILES string of the molecule is COc1c(C)cc(C)cc1P(c1cc(C)cc(C)c1C)c1cc(C)cc(C)c1OC. The lowest BCUT2D eigenvalue weighted by Gasteiger charge is -2.28. The van der Waals surface area contributed by atoms with Crippen LogP contribution in [0.4, 0.5) is 0 Å². The van der Waals surface area contributed by atoms with Gasteiger partial charge in [0.1, 0.15) is 11.5 Å². The van der Waals surface area contributed by atoms with Gasteiger partial charge in [-0.05, 0) is 107 Å². The number of hydrogen-bond acceptors (Lipinski definition) is 2. The highest BCUT2D eigenvalue weighted by Gasteiger charge is 2.27. The number of ether oxygens (including phenoxy) is 2. The lowest BCUT2D eigenvalue weighted by atomic mass is 10.1. The summed E-state index contributed by atoms with van der Waals surface area (Å²) in [4.78, 5) is 0. The quantitative estimate of drug-likeness (QED) is 0.499. The predicted molar refractivity (Wildman–Crippen MR) is 131 cm³/mol. The van der Waals surface area contributed by atoms with Gasteiger partial charge in [0.2, 0.25) is 0 Å². The third kappa shape index (κ3) is 4.12. The molecule has 0 atom stereocenters. The number of aryl methyl sites for hydroxylation is 6. The first kappa shape index (κ1) is 22.4. The number of rotatable bonds is 5. The summed E-state index contributed by atoms with van der Waals surface area (Å²) >= 11 is 0. The lowest BCUT2D eigenvalue weighted by molar-refractivity contribution is 0.414. The first-order valence-electron chi connectivity index (χ1n) is 10.4. The monoisotopic (exact) mass is 420 g/mol. The maximum atomic E-state index is 5.96.